The zero-order valence-corrected chi connectivity index (χ0v) is 11.1. The molecule has 0 saturated carbocycles. The summed E-state index contributed by atoms with van der Waals surface area (Å²) in [6.07, 6.45) is 2.95. The Morgan fingerprint density at radius 2 is 2.29 bits per heavy atom. The number of likely N-dealkylation sites (N-methyl/N-ethyl adjacent to an activating group) is 1. The molecule has 0 aromatic heterocycles. The van der Waals surface area contributed by atoms with E-state index in [0.717, 1.165) is 31.6 Å². The quantitative estimate of drug-likeness (QED) is 0.691. The van der Waals surface area contributed by atoms with E-state index in [0.29, 0.717) is 0 Å². The van der Waals surface area contributed by atoms with E-state index in [1.54, 1.807) is 18.7 Å². The number of rotatable bonds is 1. The lowest BCUT2D eigenvalue weighted by Crippen LogP contribution is -2.51. The van der Waals surface area contributed by atoms with E-state index in [4.69, 9.17) is 0 Å². The predicted octanol–water partition coefficient (Wildman–Crippen LogP) is 0.714. The molecule has 3 atom stereocenters. The monoisotopic (exact) mass is 254 g/mol. The van der Waals surface area contributed by atoms with Crippen molar-refractivity contribution in [3.63, 3.8) is 0 Å². The molecule has 4 nitrogen and oxygen atoms in total. The second-order valence-electron chi connectivity index (χ2n) is 5.39. The highest BCUT2D eigenvalue weighted by molar-refractivity contribution is 8.00. The van der Waals surface area contributed by atoms with Crippen LogP contribution in [0.2, 0.25) is 0 Å². The van der Waals surface area contributed by atoms with Crippen LogP contribution in [-0.4, -0.2) is 57.8 Å². The van der Waals surface area contributed by atoms with Crippen LogP contribution in [-0.2, 0) is 9.59 Å². The lowest BCUT2D eigenvalue weighted by molar-refractivity contribution is -0.141. The summed E-state index contributed by atoms with van der Waals surface area (Å²) in [7, 11) is 2.04. The molecule has 0 radical (unpaired) electrons. The first kappa shape index (κ1) is 11.5. The number of carbonyl (C=O) groups excluding carboxylic acids is 2. The molecule has 3 heterocycles. The highest BCUT2D eigenvalue weighted by atomic mass is 32.2. The third kappa shape index (κ3) is 1.41. The second kappa shape index (κ2) is 3.72. The van der Waals surface area contributed by atoms with Gasteiger partial charge in [0.05, 0.1) is 5.37 Å². The Labute approximate surface area is 106 Å². The summed E-state index contributed by atoms with van der Waals surface area (Å²) < 4.78 is 0. The van der Waals surface area contributed by atoms with Crippen LogP contribution in [0.3, 0.4) is 0 Å². The molecule has 0 aliphatic carbocycles. The number of fused-ring (bicyclic) bond motifs is 1. The Morgan fingerprint density at radius 3 is 2.88 bits per heavy atom. The van der Waals surface area contributed by atoms with Crippen molar-refractivity contribution in [1.29, 1.82) is 0 Å². The van der Waals surface area contributed by atoms with Crippen molar-refractivity contribution in [2.24, 2.45) is 0 Å². The molecule has 0 aromatic carbocycles. The van der Waals surface area contributed by atoms with Crippen LogP contribution in [0.25, 0.3) is 0 Å². The van der Waals surface area contributed by atoms with Gasteiger partial charge in [-0.1, -0.05) is 0 Å². The Morgan fingerprint density at radius 1 is 1.53 bits per heavy atom. The summed E-state index contributed by atoms with van der Waals surface area (Å²) in [5.41, 5.74) is -0.286. The van der Waals surface area contributed by atoms with Crippen molar-refractivity contribution in [2.45, 2.75) is 43.1 Å². The normalized spacial score (nSPS) is 41.5. The minimum absolute atomic E-state index is 0.131. The fourth-order valence-corrected chi connectivity index (χ4v) is 5.06. The van der Waals surface area contributed by atoms with Gasteiger partial charge in [-0.15, -0.1) is 11.8 Å². The van der Waals surface area contributed by atoms with E-state index in [9.17, 15) is 9.59 Å². The third-order valence-corrected chi connectivity index (χ3v) is 5.81. The van der Waals surface area contributed by atoms with Crippen molar-refractivity contribution >= 4 is 23.5 Å². The highest BCUT2D eigenvalue weighted by Gasteiger charge is 2.59. The number of nitrogens with zero attached hydrogens (tertiary/aromatic N) is 2. The maximum Gasteiger partial charge on any atom is 0.244 e. The summed E-state index contributed by atoms with van der Waals surface area (Å²) in [6, 6.07) is -0.175. The number of hydrogen-bond donors (Lipinski definition) is 0. The van der Waals surface area contributed by atoms with Crippen molar-refractivity contribution in [2.75, 3.05) is 19.3 Å². The van der Waals surface area contributed by atoms with Gasteiger partial charge in [0.25, 0.3) is 0 Å². The number of carbonyl (C=O) groups is 2. The van der Waals surface area contributed by atoms with Crippen LogP contribution in [0.15, 0.2) is 0 Å². The van der Waals surface area contributed by atoms with Crippen molar-refractivity contribution in [3.8, 4) is 0 Å². The molecule has 0 bridgehead atoms. The van der Waals surface area contributed by atoms with Crippen LogP contribution in [0, 0.1) is 0 Å². The number of ketones is 1. The molecule has 1 amide bonds. The molecule has 0 N–H and O–H groups in total. The predicted molar refractivity (Wildman–Crippen MR) is 66.8 cm³/mol. The van der Waals surface area contributed by atoms with Crippen LogP contribution in [0.4, 0.5) is 0 Å². The first-order valence-electron chi connectivity index (χ1n) is 6.22. The number of likely N-dealkylation sites (tertiary alicyclic amines) is 1. The molecule has 5 heteroatoms. The third-order valence-electron chi connectivity index (χ3n) is 4.52. The Balaban J connectivity index is 1.92. The SMILES string of the molecule is CC(=O)[C@H]1CS[C@@H]2C[C@]3(CCCN3C)C(=O)N12. The van der Waals surface area contributed by atoms with E-state index in [2.05, 4.69) is 4.90 Å². The van der Waals surface area contributed by atoms with E-state index in [-0.39, 0.29) is 28.6 Å². The fourth-order valence-electron chi connectivity index (χ4n) is 3.46. The number of Topliss-reactive ketones (excluding diaryl/α,β-unsaturated/α-hetero) is 1. The molecule has 94 valence electrons. The van der Waals surface area contributed by atoms with Gasteiger partial charge in [-0.25, -0.2) is 0 Å². The van der Waals surface area contributed by atoms with Gasteiger partial charge in [0.1, 0.15) is 11.6 Å². The molecule has 3 aliphatic heterocycles. The minimum Gasteiger partial charge on any atom is -0.318 e. The number of hydrogen-bond acceptors (Lipinski definition) is 4. The first-order valence-corrected chi connectivity index (χ1v) is 7.27. The summed E-state index contributed by atoms with van der Waals surface area (Å²) in [5.74, 6) is 1.12. The van der Waals surface area contributed by atoms with Gasteiger partial charge in [0, 0.05) is 12.2 Å². The molecule has 3 fully saturated rings. The van der Waals surface area contributed by atoms with E-state index >= 15 is 0 Å². The van der Waals surface area contributed by atoms with Gasteiger partial charge >= 0.3 is 0 Å². The average Bonchev–Trinajstić information content (AvgIpc) is 2.89. The lowest BCUT2D eigenvalue weighted by Gasteiger charge is -2.31. The standard InChI is InChI=1S/C12H18N2O2S/c1-8(15)9-7-17-10-6-12(11(16)14(9)10)4-3-5-13(12)2/h9-10H,3-7H2,1-2H3/t9-,10-,12-/m1/s1. The van der Waals surface area contributed by atoms with Crippen molar-refractivity contribution in [1.82, 2.24) is 9.80 Å². The van der Waals surface area contributed by atoms with Gasteiger partial charge in [0.2, 0.25) is 5.91 Å². The van der Waals surface area contributed by atoms with Gasteiger partial charge in [-0.05, 0) is 33.4 Å². The molecular formula is C12H18N2O2S. The maximum absolute atomic E-state index is 12.7. The van der Waals surface area contributed by atoms with Crippen LogP contribution < -0.4 is 0 Å². The smallest absolute Gasteiger partial charge is 0.244 e. The largest absolute Gasteiger partial charge is 0.318 e. The second-order valence-corrected chi connectivity index (χ2v) is 6.60. The molecule has 17 heavy (non-hydrogen) atoms. The molecular weight excluding hydrogens is 236 g/mol. The van der Waals surface area contributed by atoms with Crippen LogP contribution in [0.5, 0.6) is 0 Å². The Hall–Kier alpha value is -0.550. The Bertz CT molecular complexity index is 387. The van der Waals surface area contributed by atoms with Crippen LogP contribution in [0.1, 0.15) is 26.2 Å². The first-order chi connectivity index (χ1) is 8.06. The van der Waals surface area contributed by atoms with Crippen LogP contribution >= 0.6 is 11.8 Å². The summed E-state index contributed by atoms with van der Waals surface area (Å²) >= 11 is 1.77. The fraction of sp³-hybridized carbons (Fsp3) is 0.833. The Kier molecular flexibility index (Phi) is 2.52. The highest BCUT2D eigenvalue weighted by Crippen LogP contribution is 2.48. The lowest BCUT2D eigenvalue weighted by atomic mass is 9.94. The van der Waals surface area contributed by atoms with Gasteiger partial charge < -0.3 is 4.90 Å². The number of amides is 1. The summed E-state index contributed by atoms with van der Waals surface area (Å²) in [6.45, 7) is 2.60. The number of thioether (sulfide) groups is 1. The maximum atomic E-state index is 12.7. The van der Waals surface area contributed by atoms with Crippen molar-refractivity contribution < 1.29 is 9.59 Å². The van der Waals surface area contributed by atoms with Gasteiger partial charge in [-0.2, -0.15) is 0 Å². The topological polar surface area (TPSA) is 40.6 Å². The van der Waals surface area contributed by atoms with Crippen molar-refractivity contribution in [3.05, 3.63) is 0 Å². The average molecular weight is 254 g/mol. The zero-order chi connectivity index (χ0) is 12.2. The summed E-state index contributed by atoms with van der Waals surface area (Å²) in [4.78, 5) is 28.3. The molecule has 0 unspecified atom stereocenters. The minimum atomic E-state index is -0.286. The van der Waals surface area contributed by atoms with E-state index in [1.807, 2.05) is 11.9 Å². The molecule has 1 spiro atoms. The van der Waals surface area contributed by atoms with E-state index < -0.39 is 0 Å². The zero-order valence-electron chi connectivity index (χ0n) is 10.3. The molecule has 3 rings (SSSR count). The molecule has 3 aliphatic rings. The van der Waals surface area contributed by atoms with Gasteiger partial charge in [0.15, 0.2) is 5.78 Å². The molecule has 0 aromatic rings. The summed E-state index contributed by atoms with van der Waals surface area (Å²) in [5, 5.41) is 0.233. The van der Waals surface area contributed by atoms with Gasteiger partial charge in [-0.3, -0.25) is 14.5 Å². The van der Waals surface area contributed by atoms with E-state index in [1.165, 1.54) is 0 Å². The molecule has 3 saturated heterocycles.